The van der Waals surface area contributed by atoms with E-state index in [2.05, 4.69) is 15.0 Å². The molecule has 0 atom stereocenters. The first-order valence-electron chi connectivity index (χ1n) is 6.61. The van der Waals surface area contributed by atoms with Crippen molar-refractivity contribution in [2.45, 2.75) is 0 Å². The molecule has 3 heterocycles. The fourth-order valence-corrected chi connectivity index (χ4v) is 2.71. The number of rotatable bonds is 1. The Bertz CT molecular complexity index is 1060. The Hall–Kier alpha value is -2.79. The van der Waals surface area contributed by atoms with Crippen molar-refractivity contribution >= 4 is 33.5 Å². The third kappa shape index (κ3) is 1.87. The Balaban J connectivity index is 2.29. The van der Waals surface area contributed by atoms with Crippen LogP contribution in [0.4, 0.5) is 0 Å². The number of nitrogens with zero attached hydrogens (tertiary/aromatic N) is 4. The van der Waals surface area contributed by atoms with Crippen LogP contribution >= 0.6 is 11.6 Å². The quantitative estimate of drug-likeness (QED) is 0.507. The Morgan fingerprint density at radius 2 is 1.82 bits per heavy atom. The Morgan fingerprint density at radius 1 is 1.00 bits per heavy atom. The summed E-state index contributed by atoms with van der Waals surface area (Å²) in [6, 6.07) is 8.96. The molecule has 0 N–H and O–H groups in total. The SMILES string of the molecule is O=c1c2nccnc2c2ccc(Cl)cc2n1-c1cccnc1. The normalized spacial score (nSPS) is 11.1. The predicted octanol–water partition coefficient (Wildman–Crippen LogP) is 2.98. The summed E-state index contributed by atoms with van der Waals surface area (Å²) in [5, 5.41) is 1.36. The third-order valence-electron chi connectivity index (χ3n) is 3.46. The van der Waals surface area contributed by atoms with E-state index in [0.717, 1.165) is 5.39 Å². The molecule has 0 spiro atoms. The summed E-state index contributed by atoms with van der Waals surface area (Å²) >= 11 is 6.11. The number of hydrogen-bond donors (Lipinski definition) is 0. The first kappa shape index (κ1) is 12.9. The standard InChI is InChI=1S/C16H9ClN4O/c17-10-3-4-12-13(8-10)21(11-2-1-5-18-9-11)16(22)15-14(12)19-6-7-20-15/h1-9H. The zero-order chi connectivity index (χ0) is 15.1. The molecule has 106 valence electrons. The van der Waals surface area contributed by atoms with Crippen molar-refractivity contribution < 1.29 is 0 Å². The van der Waals surface area contributed by atoms with Crippen LogP contribution < -0.4 is 5.56 Å². The van der Waals surface area contributed by atoms with Crippen molar-refractivity contribution in [1.82, 2.24) is 19.5 Å². The molecule has 1 aromatic carbocycles. The minimum Gasteiger partial charge on any atom is -0.273 e. The van der Waals surface area contributed by atoms with E-state index < -0.39 is 0 Å². The van der Waals surface area contributed by atoms with E-state index in [4.69, 9.17) is 11.6 Å². The number of pyridine rings is 2. The van der Waals surface area contributed by atoms with Crippen LogP contribution in [0, 0.1) is 0 Å². The first-order chi connectivity index (χ1) is 10.8. The van der Waals surface area contributed by atoms with E-state index in [1.165, 1.54) is 6.20 Å². The van der Waals surface area contributed by atoms with Crippen LogP contribution in [0.15, 0.2) is 59.9 Å². The van der Waals surface area contributed by atoms with Crippen molar-refractivity contribution in [2.24, 2.45) is 0 Å². The van der Waals surface area contributed by atoms with Gasteiger partial charge >= 0.3 is 0 Å². The van der Waals surface area contributed by atoms with Crippen LogP contribution in [-0.4, -0.2) is 19.5 Å². The first-order valence-corrected chi connectivity index (χ1v) is 6.99. The second-order valence-electron chi connectivity index (χ2n) is 4.77. The van der Waals surface area contributed by atoms with Gasteiger partial charge in [0.15, 0.2) is 5.52 Å². The fourth-order valence-electron chi connectivity index (χ4n) is 2.54. The summed E-state index contributed by atoms with van der Waals surface area (Å²) in [4.78, 5) is 25.4. The molecule has 0 bridgehead atoms. The lowest BCUT2D eigenvalue weighted by molar-refractivity contribution is 1.03. The van der Waals surface area contributed by atoms with E-state index in [9.17, 15) is 4.79 Å². The number of benzene rings is 1. The number of aromatic nitrogens is 4. The van der Waals surface area contributed by atoms with E-state index in [1.54, 1.807) is 41.4 Å². The molecular formula is C16H9ClN4O. The highest BCUT2D eigenvalue weighted by atomic mass is 35.5. The Labute approximate surface area is 129 Å². The van der Waals surface area contributed by atoms with Crippen molar-refractivity contribution in [3.05, 3.63) is 70.5 Å². The minimum atomic E-state index is -0.245. The van der Waals surface area contributed by atoms with Gasteiger partial charge in [0, 0.05) is 29.0 Å². The van der Waals surface area contributed by atoms with Gasteiger partial charge in [0.2, 0.25) is 0 Å². The molecule has 3 aromatic heterocycles. The number of fused-ring (bicyclic) bond motifs is 3. The van der Waals surface area contributed by atoms with Crippen LogP contribution in [0.25, 0.3) is 27.6 Å². The Morgan fingerprint density at radius 3 is 2.59 bits per heavy atom. The highest BCUT2D eigenvalue weighted by Gasteiger charge is 2.14. The van der Waals surface area contributed by atoms with Crippen LogP contribution in [0.2, 0.25) is 5.02 Å². The summed E-state index contributed by atoms with van der Waals surface area (Å²) in [5.41, 5.74) is 1.98. The van der Waals surface area contributed by atoms with Gasteiger partial charge in [0.1, 0.15) is 5.52 Å². The molecule has 0 radical (unpaired) electrons. The average molecular weight is 309 g/mol. The van der Waals surface area contributed by atoms with Crippen molar-refractivity contribution in [3.8, 4) is 5.69 Å². The van der Waals surface area contributed by atoms with Gasteiger partial charge in [-0.15, -0.1) is 0 Å². The lowest BCUT2D eigenvalue weighted by atomic mass is 10.1. The van der Waals surface area contributed by atoms with Gasteiger partial charge < -0.3 is 0 Å². The summed E-state index contributed by atoms with van der Waals surface area (Å²) < 4.78 is 1.56. The van der Waals surface area contributed by atoms with E-state index in [-0.39, 0.29) is 5.56 Å². The van der Waals surface area contributed by atoms with Crippen molar-refractivity contribution in [2.75, 3.05) is 0 Å². The summed E-state index contributed by atoms with van der Waals surface area (Å²) in [6.45, 7) is 0. The van der Waals surface area contributed by atoms with Crippen LogP contribution in [-0.2, 0) is 0 Å². The smallest absolute Gasteiger partial charge is 0.273 e. The Kier molecular flexibility index (Phi) is 2.87. The molecular weight excluding hydrogens is 300 g/mol. The maximum absolute atomic E-state index is 12.8. The maximum atomic E-state index is 12.8. The summed E-state index contributed by atoms with van der Waals surface area (Å²) in [6.07, 6.45) is 6.37. The topological polar surface area (TPSA) is 60.7 Å². The van der Waals surface area contributed by atoms with Gasteiger partial charge in [-0.3, -0.25) is 19.3 Å². The second-order valence-corrected chi connectivity index (χ2v) is 5.20. The molecule has 0 fully saturated rings. The average Bonchev–Trinajstić information content (AvgIpc) is 2.56. The molecule has 0 unspecified atom stereocenters. The molecule has 4 rings (SSSR count). The molecule has 0 saturated carbocycles. The van der Waals surface area contributed by atoms with Crippen molar-refractivity contribution in [3.63, 3.8) is 0 Å². The van der Waals surface area contributed by atoms with Crippen LogP contribution in [0.3, 0.4) is 0 Å². The molecule has 22 heavy (non-hydrogen) atoms. The van der Waals surface area contributed by atoms with E-state index in [0.29, 0.717) is 27.3 Å². The lowest BCUT2D eigenvalue weighted by Gasteiger charge is -2.12. The van der Waals surface area contributed by atoms with Gasteiger partial charge in [-0.25, -0.2) is 4.98 Å². The number of hydrogen-bond acceptors (Lipinski definition) is 4. The largest absolute Gasteiger partial charge is 0.283 e. The van der Waals surface area contributed by atoms with Crippen molar-refractivity contribution in [1.29, 1.82) is 0 Å². The van der Waals surface area contributed by atoms with Gasteiger partial charge in [0.05, 0.1) is 17.4 Å². The summed E-state index contributed by atoms with van der Waals surface area (Å²) in [7, 11) is 0. The second kappa shape index (κ2) is 4.89. The summed E-state index contributed by atoms with van der Waals surface area (Å²) in [5.74, 6) is 0. The molecule has 4 aromatic rings. The van der Waals surface area contributed by atoms with Crippen LogP contribution in [0.5, 0.6) is 0 Å². The lowest BCUT2D eigenvalue weighted by Crippen LogP contribution is -2.20. The zero-order valence-corrected chi connectivity index (χ0v) is 12.0. The van der Waals surface area contributed by atoms with Crippen LogP contribution in [0.1, 0.15) is 0 Å². The van der Waals surface area contributed by atoms with Gasteiger partial charge in [-0.05, 0) is 30.3 Å². The van der Waals surface area contributed by atoms with Gasteiger partial charge in [-0.2, -0.15) is 0 Å². The molecule has 6 heteroatoms. The molecule has 0 saturated heterocycles. The maximum Gasteiger partial charge on any atom is 0.283 e. The van der Waals surface area contributed by atoms with Gasteiger partial charge in [-0.1, -0.05) is 11.6 Å². The number of halogens is 1. The molecule has 0 aliphatic heterocycles. The zero-order valence-electron chi connectivity index (χ0n) is 11.3. The predicted molar refractivity (Wildman–Crippen MR) is 85.4 cm³/mol. The molecule has 0 aliphatic rings. The van der Waals surface area contributed by atoms with E-state index >= 15 is 0 Å². The fraction of sp³-hybridized carbons (Fsp3) is 0. The molecule has 5 nitrogen and oxygen atoms in total. The highest BCUT2D eigenvalue weighted by molar-refractivity contribution is 6.31. The van der Waals surface area contributed by atoms with E-state index in [1.807, 2.05) is 12.1 Å². The highest BCUT2D eigenvalue weighted by Crippen LogP contribution is 2.25. The molecule has 0 aliphatic carbocycles. The van der Waals surface area contributed by atoms with Gasteiger partial charge in [0.25, 0.3) is 5.56 Å². The third-order valence-corrected chi connectivity index (χ3v) is 3.70. The molecule has 0 amide bonds. The monoisotopic (exact) mass is 308 g/mol. The minimum absolute atomic E-state index is 0.245.